The first kappa shape index (κ1) is 15.1. The zero-order valence-electron chi connectivity index (χ0n) is 8.44. The Kier molecular flexibility index (Phi) is 7.68. The number of rotatable bonds is 4. The van der Waals surface area contributed by atoms with Crippen molar-refractivity contribution < 1.29 is 24.2 Å². The number of aliphatic carboxylic acids is 1. The number of carbonyl (C=O) groups excluding carboxylic acids is 1. The molecular formula is C7H16N2O5. The summed E-state index contributed by atoms with van der Waals surface area (Å²) in [5.74, 6) is -1.17. The number of alkyl carbamates (subject to hydrolysis) is 1. The number of carbonyl (C=O) groups is 2. The molecule has 7 heteroatoms. The van der Waals surface area contributed by atoms with Crippen molar-refractivity contribution in [2.24, 2.45) is 0 Å². The van der Waals surface area contributed by atoms with Crippen LogP contribution in [0, 0.1) is 0 Å². The largest absolute Gasteiger partial charge is 0.480 e. The molecule has 0 aliphatic carbocycles. The smallest absolute Gasteiger partial charge is 0.407 e. The number of carboxylic acids is 1. The summed E-state index contributed by atoms with van der Waals surface area (Å²) in [6.07, 6.45) is -1.41. The SMILES string of the molecule is COC(=O)N[C@H](C(=O)O)[C@@H](C)OC.N. The summed E-state index contributed by atoms with van der Waals surface area (Å²) in [5, 5.41) is 10.8. The monoisotopic (exact) mass is 208 g/mol. The summed E-state index contributed by atoms with van der Waals surface area (Å²) in [6.45, 7) is 1.54. The molecule has 2 atom stereocenters. The molecule has 0 aromatic carbocycles. The van der Waals surface area contributed by atoms with Gasteiger partial charge in [0.15, 0.2) is 6.04 Å². The van der Waals surface area contributed by atoms with Crippen molar-refractivity contribution in [2.45, 2.75) is 19.1 Å². The van der Waals surface area contributed by atoms with Gasteiger partial charge in [0.1, 0.15) is 0 Å². The van der Waals surface area contributed by atoms with Gasteiger partial charge in [-0.15, -0.1) is 0 Å². The molecule has 0 spiro atoms. The van der Waals surface area contributed by atoms with Gasteiger partial charge >= 0.3 is 12.1 Å². The van der Waals surface area contributed by atoms with Crippen molar-refractivity contribution in [2.75, 3.05) is 14.2 Å². The molecule has 0 saturated heterocycles. The van der Waals surface area contributed by atoms with Gasteiger partial charge in [0.2, 0.25) is 0 Å². The Morgan fingerprint density at radius 3 is 2.14 bits per heavy atom. The van der Waals surface area contributed by atoms with Crippen LogP contribution in [0.4, 0.5) is 4.79 Å². The Morgan fingerprint density at radius 2 is 1.86 bits per heavy atom. The van der Waals surface area contributed by atoms with Gasteiger partial charge in [-0.1, -0.05) is 0 Å². The molecule has 0 bridgehead atoms. The molecule has 0 radical (unpaired) electrons. The lowest BCUT2D eigenvalue weighted by atomic mass is 10.2. The second-order valence-corrected chi connectivity index (χ2v) is 2.39. The van der Waals surface area contributed by atoms with Crippen LogP contribution in [0.5, 0.6) is 0 Å². The van der Waals surface area contributed by atoms with E-state index in [0.29, 0.717) is 0 Å². The van der Waals surface area contributed by atoms with E-state index in [0.717, 1.165) is 7.11 Å². The minimum absolute atomic E-state index is 0. The fourth-order valence-electron chi connectivity index (χ4n) is 0.702. The van der Waals surface area contributed by atoms with Crippen LogP contribution in [0.25, 0.3) is 0 Å². The van der Waals surface area contributed by atoms with Crippen molar-refractivity contribution in [1.82, 2.24) is 11.5 Å². The van der Waals surface area contributed by atoms with Crippen molar-refractivity contribution in [3.8, 4) is 0 Å². The second-order valence-electron chi connectivity index (χ2n) is 2.39. The van der Waals surface area contributed by atoms with Gasteiger partial charge in [0.05, 0.1) is 13.2 Å². The van der Waals surface area contributed by atoms with Gasteiger partial charge in [-0.3, -0.25) is 0 Å². The van der Waals surface area contributed by atoms with E-state index < -0.39 is 24.2 Å². The summed E-state index contributed by atoms with van der Waals surface area (Å²) in [6, 6.07) is -1.10. The molecule has 0 unspecified atom stereocenters. The number of ether oxygens (including phenoxy) is 2. The molecule has 14 heavy (non-hydrogen) atoms. The highest BCUT2D eigenvalue weighted by molar-refractivity contribution is 5.80. The summed E-state index contributed by atoms with van der Waals surface area (Å²) < 4.78 is 9.02. The predicted octanol–water partition coefficient (Wildman–Crippen LogP) is -0.00750. The van der Waals surface area contributed by atoms with E-state index in [1.807, 2.05) is 0 Å². The summed E-state index contributed by atoms with van der Waals surface area (Å²) in [5.41, 5.74) is 0. The predicted molar refractivity (Wildman–Crippen MR) is 48.5 cm³/mol. The number of nitrogens with one attached hydrogen (secondary N) is 1. The Morgan fingerprint density at radius 1 is 1.36 bits per heavy atom. The first-order valence-corrected chi connectivity index (χ1v) is 3.63. The molecule has 84 valence electrons. The lowest BCUT2D eigenvalue weighted by Crippen LogP contribution is -2.48. The average molecular weight is 208 g/mol. The molecule has 0 aliphatic heterocycles. The van der Waals surface area contributed by atoms with Crippen molar-refractivity contribution in [3.63, 3.8) is 0 Å². The van der Waals surface area contributed by atoms with E-state index in [-0.39, 0.29) is 6.15 Å². The first-order chi connectivity index (χ1) is 6.02. The van der Waals surface area contributed by atoms with E-state index in [2.05, 4.69) is 10.1 Å². The summed E-state index contributed by atoms with van der Waals surface area (Å²) in [4.78, 5) is 21.3. The molecule has 7 nitrogen and oxygen atoms in total. The molecule has 1 amide bonds. The molecule has 0 saturated carbocycles. The Hall–Kier alpha value is -1.34. The van der Waals surface area contributed by atoms with Crippen LogP contribution in [-0.4, -0.2) is 43.5 Å². The number of amides is 1. The van der Waals surface area contributed by atoms with Crippen LogP contribution < -0.4 is 11.5 Å². The third-order valence-corrected chi connectivity index (χ3v) is 1.57. The topological polar surface area (TPSA) is 120 Å². The first-order valence-electron chi connectivity index (χ1n) is 3.63. The maximum absolute atomic E-state index is 10.7. The zero-order chi connectivity index (χ0) is 10.4. The van der Waals surface area contributed by atoms with Crippen LogP contribution in [0.2, 0.25) is 0 Å². The molecule has 0 rings (SSSR count). The van der Waals surface area contributed by atoms with Gasteiger partial charge in [0, 0.05) is 7.11 Å². The van der Waals surface area contributed by atoms with E-state index in [1.165, 1.54) is 14.0 Å². The molecule has 0 heterocycles. The fourth-order valence-corrected chi connectivity index (χ4v) is 0.702. The van der Waals surface area contributed by atoms with Crippen LogP contribution in [0.1, 0.15) is 6.92 Å². The minimum Gasteiger partial charge on any atom is -0.480 e. The molecule has 0 aliphatic rings. The maximum atomic E-state index is 10.7. The standard InChI is InChI=1S/C7H13NO5.H3N/c1-4(12-2)5(6(9)10)8-7(11)13-3;/h4-5H,1-3H3,(H,8,11)(H,9,10);1H3/t4-,5+;/m1./s1. The van der Waals surface area contributed by atoms with E-state index in [1.54, 1.807) is 0 Å². The van der Waals surface area contributed by atoms with E-state index in [4.69, 9.17) is 9.84 Å². The van der Waals surface area contributed by atoms with Gasteiger partial charge in [-0.25, -0.2) is 9.59 Å². The Bertz CT molecular complexity index is 197. The zero-order valence-corrected chi connectivity index (χ0v) is 8.44. The minimum atomic E-state index is -1.17. The lowest BCUT2D eigenvalue weighted by Gasteiger charge is -2.18. The third-order valence-electron chi connectivity index (χ3n) is 1.57. The summed E-state index contributed by atoms with van der Waals surface area (Å²) >= 11 is 0. The highest BCUT2D eigenvalue weighted by Crippen LogP contribution is 1.98. The van der Waals surface area contributed by atoms with Gasteiger partial charge in [0.25, 0.3) is 0 Å². The summed E-state index contributed by atoms with van der Waals surface area (Å²) in [7, 11) is 2.52. The van der Waals surface area contributed by atoms with Gasteiger partial charge < -0.3 is 26.0 Å². The lowest BCUT2D eigenvalue weighted by molar-refractivity contribution is -0.142. The van der Waals surface area contributed by atoms with E-state index >= 15 is 0 Å². The van der Waals surface area contributed by atoms with Crippen LogP contribution in [0.3, 0.4) is 0 Å². The number of carboxylic acid groups (broad SMARTS) is 1. The number of hydrogen-bond donors (Lipinski definition) is 3. The molecule has 5 N–H and O–H groups in total. The van der Waals surface area contributed by atoms with Crippen molar-refractivity contribution in [1.29, 1.82) is 0 Å². The molecule has 0 fully saturated rings. The van der Waals surface area contributed by atoms with Crippen molar-refractivity contribution >= 4 is 12.1 Å². The van der Waals surface area contributed by atoms with Crippen LogP contribution in [-0.2, 0) is 14.3 Å². The number of methoxy groups -OCH3 is 2. The van der Waals surface area contributed by atoms with Crippen molar-refractivity contribution in [3.05, 3.63) is 0 Å². The van der Waals surface area contributed by atoms with Gasteiger partial charge in [-0.05, 0) is 6.92 Å². The van der Waals surface area contributed by atoms with Crippen LogP contribution in [0.15, 0.2) is 0 Å². The quantitative estimate of drug-likeness (QED) is 0.597. The maximum Gasteiger partial charge on any atom is 0.407 e. The third kappa shape index (κ3) is 4.63. The van der Waals surface area contributed by atoms with E-state index in [9.17, 15) is 9.59 Å². The second kappa shape index (κ2) is 7.10. The average Bonchev–Trinajstić information content (AvgIpc) is 2.11. The molecule has 0 aromatic heterocycles. The normalized spacial score (nSPS) is 13.4. The Balaban J connectivity index is 0. The highest BCUT2D eigenvalue weighted by atomic mass is 16.5. The fraction of sp³-hybridized carbons (Fsp3) is 0.714. The molecule has 0 aromatic rings. The van der Waals surface area contributed by atoms with Crippen LogP contribution >= 0.6 is 0 Å². The molecular weight excluding hydrogens is 192 g/mol. The highest BCUT2D eigenvalue weighted by Gasteiger charge is 2.26. The Labute approximate surface area is 82.0 Å². The van der Waals surface area contributed by atoms with Gasteiger partial charge in [-0.2, -0.15) is 0 Å². The number of hydrogen-bond acceptors (Lipinski definition) is 5.